The van der Waals surface area contributed by atoms with Crippen LogP contribution in [0.4, 0.5) is 0 Å². The van der Waals surface area contributed by atoms with Crippen molar-refractivity contribution in [1.82, 2.24) is 5.32 Å². The van der Waals surface area contributed by atoms with Crippen LogP contribution < -0.4 is 5.32 Å². The third-order valence-electron chi connectivity index (χ3n) is 1.13. The van der Waals surface area contributed by atoms with Gasteiger partial charge in [-0.3, -0.25) is 4.79 Å². The lowest BCUT2D eigenvalue weighted by molar-refractivity contribution is -0.116. The zero-order valence-electron chi connectivity index (χ0n) is 4.56. The number of hydrogen-bond donors (Lipinski definition) is 2. The largest absolute Gasteiger partial charge is 0.503 e. The van der Waals surface area contributed by atoms with E-state index in [1.807, 2.05) is 0 Å². The molecule has 0 aromatic carbocycles. The molecule has 0 fully saturated rings. The maximum atomic E-state index is 10.4. The second-order valence-corrected chi connectivity index (χ2v) is 1.75. The summed E-state index contributed by atoms with van der Waals surface area (Å²) in [6.45, 7) is 1.91. The Labute approximate surface area is 47.0 Å². The van der Waals surface area contributed by atoms with Crippen LogP contribution in [-0.4, -0.2) is 17.4 Å². The highest BCUT2D eigenvalue weighted by atomic mass is 16.3. The molecule has 3 heteroatoms. The fourth-order valence-corrected chi connectivity index (χ4v) is 0.589. The van der Waals surface area contributed by atoms with Crippen LogP contribution >= 0.6 is 0 Å². The van der Waals surface area contributed by atoms with Gasteiger partial charge in [-0.05, 0) is 6.92 Å². The first-order valence-electron chi connectivity index (χ1n) is 2.38. The van der Waals surface area contributed by atoms with Gasteiger partial charge < -0.3 is 10.4 Å². The molecule has 0 radical (unpaired) electrons. The van der Waals surface area contributed by atoms with E-state index in [9.17, 15) is 4.79 Å². The number of allylic oxidation sites excluding steroid dienone is 1. The molecule has 3 nitrogen and oxygen atoms in total. The van der Waals surface area contributed by atoms with Crippen molar-refractivity contribution >= 4 is 5.78 Å². The van der Waals surface area contributed by atoms with Crippen molar-refractivity contribution in [2.75, 3.05) is 6.54 Å². The van der Waals surface area contributed by atoms with E-state index < -0.39 is 0 Å². The average molecular weight is 113 g/mol. The molecule has 0 aliphatic carbocycles. The fraction of sp³-hybridized carbons (Fsp3) is 0.400. The molecular formula is C5H7NO2. The summed E-state index contributed by atoms with van der Waals surface area (Å²) in [5, 5.41) is 11.4. The smallest absolute Gasteiger partial charge is 0.217 e. The van der Waals surface area contributed by atoms with E-state index in [-0.39, 0.29) is 18.1 Å². The van der Waals surface area contributed by atoms with E-state index in [0.717, 1.165) is 0 Å². The Hall–Kier alpha value is -0.990. The molecule has 1 heterocycles. The Morgan fingerprint density at radius 1 is 1.75 bits per heavy atom. The lowest BCUT2D eigenvalue weighted by Gasteiger charge is -1.87. The number of ketones is 1. The average Bonchev–Trinajstić information content (AvgIpc) is 1.98. The third kappa shape index (κ3) is 0.559. The molecule has 0 unspecified atom stereocenters. The SMILES string of the molecule is CC1=C(O)C(=O)CN1. The van der Waals surface area contributed by atoms with E-state index in [1.54, 1.807) is 6.92 Å². The maximum absolute atomic E-state index is 10.4. The molecule has 0 saturated heterocycles. The maximum Gasteiger partial charge on any atom is 0.217 e. The fourth-order valence-electron chi connectivity index (χ4n) is 0.589. The number of rotatable bonds is 0. The van der Waals surface area contributed by atoms with Crippen LogP contribution in [0, 0.1) is 0 Å². The molecule has 0 aromatic heterocycles. The Morgan fingerprint density at radius 2 is 2.38 bits per heavy atom. The summed E-state index contributed by atoms with van der Waals surface area (Å²) in [6, 6.07) is 0. The van der Waals surface area contributed by atoms with Crippen molar-refractivity contribution in [3.8, 4) is 0 Å². The Morgan fingerprint density at radius 3 is 2.50 bits per heavy atom. The molecule has 0 aromatic rings. The minimum Gasteiger partial charge on any atom is -0.503 e. The molecular weight excluding hydrogens is 106 g/mol. The van der Waals surface area contributed by atoms with Gasteiger partial charge in [0.2, 0.25) is 5.78 Å². The number of aliphatic hydroxyl groups excluding tert-OH is 1. The van der Waals surface area contributed by atoms with Crippen molar-refractivity contribution in [1.29, 1.82) is 0 Å². The lowest BCUT2D eigenvalue weighted by atomic mass is 10.3. The molecule has 2 N–H and O–H groups in total. The highest BCUT2D eigenvalue weighted by Crippen LogP contribution is 2.03. The lowest BCUT2D eigenvalue weighted by Crippen LogP contribution is -2.09. The number of nitrogens with one attached hydrogen (secondary N) is 1. The number of carbonyl (C=O) groups is 1. The van der Waals surface area contributed by atoms with Crippen LogP contribution in [0.15, 0.2) is 11.5 Å². The van der Waals surface area contributed by atoms with Crippen LogP contribution in [-0.2, 0) is 4.79 Å². The first-order valence-corrected chi connectivity index (χ1v) is 2.38. The van der Waals surface area contributed by atoms with Gasteiger partial charge in [0.1, 0.15) is 0 Å². The first kappa shape index (κ1) is 5.15. The van der Waals surface area contributed by atoms with Crippen molar-refractivity contribution < 1.29 is 9.90 Å². The summed E-state index contributed by atoms with van der Waals surface area (Å²) in [7, 11) is 0. The predicted octanol–water partition coefficient (Wildman–Crippen LogP) is -0.0518. The van der Waals surface area contributed by atoms with Crippen molar-refractivity contribution in [2.24, 2.45) is 0 Å². The Bertz CT molecular complexity index is 160. The summed E-state index contributed by atoms with van der Waals surface area (Å²) >= 11 is 0. The predicted molar refractivity (Wildman–Crippen MR) is 28.3 cm³/mol. The monoisotopic (exact) mass is 113 g/mol. The Kier molecular flexibility index (Phi) is 0.970. The van der Waals surface area contributed by atoms with Crippen molar-refractivity contribution in [3.05, 3.63) is 11.5 Å². The standard InChI is InChI=1S/C5H7NO2/c1-3-5(8)4(7)2-6-3/h6,8H,2H2,1H3. The molecule has 1 aliphatic heterocycles. The topological polar surface area (TPSA) is 49.3 Å². The molecule has 0 bridgehead atoms. The Balaban J connectivity index is 2.86. The molecule has 1 aliphatic rings. The van der Waals surface area contributed by atoms with Gasteiger partial charge in [-0.25, -0.2) is 0 Å². The minimum atomic E-state index is -0.220. The summed E-state index contributed by atoms with van der Waals surface area (Å²) < 4.78 is 0. The van der Waals surface area contributed by atoms with Crippen LogP contribution in [0.25, 0.3) is 0 Å². The van der Waals surface area contributed by atoms with Crippen LogP contribution in [0.5, 0.6) is 0 Å². The zero-order valence-corrected chi connectivity index (χ0v) is 4.56. The summed E-state index contributed by atoms with van der Waals surface area (Å²) in [5.74, 6) is -0.340. The van der Waals surface area contributed by atoms with Crippen molar-refractivity contribution in [2.45, 2.75) is 6.92 Å². The van der Waals surface area contributed by atoms with Gasteiger partial charge in [0.15, 0.2) is 5.76 Å². The van der Waals surface area contributed by atoms with Crippen LogP contribution in [0.1, 0.15) is 6.92 Å². The third-order valence-corrected chi connectivity index (χ3v) is 1.13. The second-order valence-electron chi connectivity index (χ2n) is 1.75. The summed E-state index contributed by atoms with van der Waals surface area (Å²) in [5.41, 5.74) is 0.579. The van der Waals surface area contributed by atoms with E-state index in [0.29, 0.717) is 5.70 Å². The number of hydrogen-bond acceptors (Lipinski definition) is 3. The highest BCUT2D eigenvalue weighted by molar-refractivity contribution is 5.97. The number of aliphatic hydroxyl groups is 1. The van der Waals surface area contributed by atoms with E-state index >= 15 is 0 Å². The molecule has 44 valence electrons. The van der Waals surface area contributed by atoms with E-state index in [4.69, 9.17) is 5.11 Å². The van der Waals surface area contributed by atoms with Gasteiger partial charge in [0, 0.05) is 0 Å². The van der Waals surface area contributed by atoms with Gasteiger partial charge >= 0.3 is 0 Å². The van der Waals surface area contributed by atoms with Crippen molar-refractivity contribution in [3.63, 3.8) is 0 Å². The first-order chi connectivity index (χ1) is 3.72. The molecule has 0 atom stereocenters. The van der Waals surface area contributed by atoms with Crippen LogP contribution in [0.3, 0.4) is 0 Å². The molecule has 8 heavy (non-hydrogen) atoms. The molecule has 0 spiro atoms. The van der Waals surface area contributed by atoms with E-state index in [1.165, 1.54) is 0 Å². The number of carbonyl (C=O) groups excluding carboxylic acids is 1. The van der Waals surface area contributed by atoms with Gasteiger partial charge in [-0.1, -0.05) is 0 Å². The minimum absolute atomic E-state index is 0.120. The van der Waals surface area contributed by atoms with E-state index in [2.05, 4.69) is 5.32 Å². The van der Waals surface area contributed by atoms with Gasteiger partial charge in [-0.15, -0.1) is 0 Å². The van der Waals surface area contributed by atoms with Gasteiger partial charge in [-0.2, -0.15) is 0 Å². The second kappa shape index (κ2) is 1.51. The molecule has 0 saturated carbocycles. The molecule has 1 rings (SSSR count). The number of Topliss-reactive ketones (excluding diaryl/α,β-unsaturated/α-hetero) is 1. The van der Waals surface area contributed by atoms with Gasteiger partial charge in [0.25, 0.3) is 0 Å². The molecule has 0 amide bonds. The normalized spacial score (nSPS) is 19.4. The zero-order chi connectivity index (χ0) is 6.15. The van der Waals surface area contributed by atoms with Gasteiger partial charge in [0.05, 0.1) is 12.2 Å². The quantitative estimate of drug-likeness (QED) is 0.463. The summed E-state index contributed by atoms with van der Waals surface area (Å²) in [6.07, 6.45) is 0. The van der Waals surface area contributed by atoms with Crippen LogP contribution in [0.2, 0.25) is 0 Å². The summed E-state index contributed by atoms with van der Waals surface area (Å²) in [4.78, 5) is 10.4. The highest BCUT2D eigenvalue weighted by Gasteiger charge is 2.17.